The zero-order chi connectivity index (χ0) is 21.9. The van der Waals surface area contributed by atoms with Crippen molar-refractivity contribution in [2.24, 2.45) is 4.99 Å². The van der Waals surface area contributed by atoms with Crippen LogP contribution in [0.3, 0.4) is 0 Å². The Labute approximate surface area is 180 Å². The molecule has 1 fully saturated rings. The number of methoxy groups -OCH3 is 1. The number of nitrogens with one attached hydrogen (secondary N) is 2. The van der Waals surface area contributed by atoms with Gasteiger partial charge in [-0.05, 0) is 58.5 Å². The second-order valence-corrected chi connectivity index (χ2v) is 7.58. The fraction of sp³-hybridized carbons (Fsp3) is 0.636. The average Bonchev–Trinajstić information content (AvgIpc) is 2.74. The Morgan fingerprint density at radius 1 is 1.30 bits per heavy atom. The van der Waals surface area contributed by atoms with Crippen molar-refractivity contribution in [3.8, 4) is 5.75 Å². The molecule has 1 amide bonds. The van der Waals surface area contributed by atoms with Crippen LogP contribution < -0.4 is 15.4 Å². The number of carbonyl (C=O) groups excluding carboxylic acids is 1. The van der Waals surface area contributed by atoms with Gasteiger partial charge in [0.15, 0.2) is 5.96 Å². The quantitative estimate of drug-likeness (QED) is 0.498. The number of nitrogens with zero attached hydrogens (tertiary/aromatic N) is 3. The maximum Gasteiger partial charge on any atom is 0.409 e. The van der Waals surface area contributed by atoms with Crippen LogP contribution >= 0.6 is 0 Å². The molecule has 1 saturated heterocycles. The van der Waals surface area contributed by atoms with Crippen LogP contribution in [0.1, 0.15) is 38.3 Å². The monoisotopic (exact) mass is 419 g/mol. The van der Waals surface area contributed by atoms with E-state index in [4.69, 9.17) is 14.5 Å². The van der Waals surface area contributed by atoms with E-state index in [0.717, 1.165) is 31.1 Å². The van der Waals surface area contributed by atoms with E-state index in [0.29, 0.717) is 26.2 Å². The second kappa shape index (κ2) is 12.3. The number of benzene rings is 1. The van der Waals surface area contributed by atoms with Gasteiger partial charge in [0.25, 0.3) is 0 Å². The molecule has 30 heavy (non-hydrogen) atoms. The Morgan fingerprint density at radius 3 is 2.63 bits per heavy atom. The van der Waals surface area contributed by atoms with Gasteiger partial charge in [-0.15, -0.1) is 0 Å². The Kier molecular flexibility index (Phi) is 9.73. The van der Waals surface area contributed by atoms with Crippen molar-refractivity contribution in [3.63, 3.8) is 0 Å². The van der Waals surface area contributed by atoms with Crippen molar-refractivity contribution in [3.05, 3.63) is 29.8 Å². The summed E-state index contributed by atoms with van der Waals surface area (Å²) in [5.41, 5.74) is 1.17. The molecule has 8 nitrogen and oxygen atoms in total. The van der Waals surface area contributed by atoms with E-state index in [9.17, 15) is 4.79 Å². The van der Waals surface area contributed by atoms with E-state index in [2.05, 4.69) is 48.7 Å². The molecule has 1 unspecified atom stereocenters. The standard InChI is InChI=1S/C22H37N5O3/c1-6-23-21(25-18-11-13-27(14-12-18)22(28)30-7-2)24-16-20(26(3)4)17-9-8-10-19(15-17)29-5/h8-10,15,18,20H,6-7,11-14,16H2,1-5H3,(H2,23,24,25). The summed E-state index contributed by atoms with van der Waals surface area (Å²) >= 11 is 0. The third-order valence-corrected chi connectivity index (χ3v) is 5.23. The predicted molar refractivity (Wildman–Crippen MR) is 120 cm³/mol. The maximum atomic E-state index is 11.9. The molecule has 2 rings (SSSR count). The molecule has 8 heteroatoms. The topological polar surface area (TPSA) is 78.4 Å². The number of carbonyl (C=O) groups is 1. The zero-order valence-electron chi connectivity index (χ0n) is 19.0. The van der Waals surface area contributed by atoms with Crippen molar-refractivity contribution in [1.82, 2.24) is 20.4 Å². The van der Waals surface area contributed by atoms with Crippen LogP contribution in [-0.2, 0) is 4.74 Å². The highest BCUT2D eigenvalue weighted by Crippen LogP contribution is 2.23. The van der Waals surface area contributed by atoms with Crippen molar-refractivity contribution in [2.45, 2.75) is 38.8 Å². The summed E-state index contributed by atoms with van der Waals surface area (Å²) in [5.74, 6) is 1.66. The largest absolute Gasteiger partial charge is 0.497 e. The van der Waals surface area contributed by atoms with E-state index in [-0.39, 0.29) is 18.2 Å². The minimum Gasteiger partial charge on any atom is -0.497 e. The van der Waals surface area contributed by atoms with Gasteiger partial charge in [0.05, 0.1) is 26.3 Å². The third kappa shape index (κ3) is 7.09. The van der Waals surface area contributed by atoms with Gasteiger partial charge >= 0.3 is 6.09 Å². The van der Waals surface area contributed by atoms with Gasteiger partial charge in [0.1, 0.15) is 5.75 Å². The molecule has 0 radical (unpaired) electrons. The summed E-state index contributed by atoms with van der Waals surface area (Å²) in [6, 6.07) is 8.55. The highest BCUT2D eigenvalue weighted by Gasteiger charge is 2.24. The number of hydrogen-bond acceptors (Lipinski definition) is 5. The summed E-state index contributed by atoms with van der Waals surface area (Å²) in [6.45, 7) is 7.11. The van der Waals surface area contributed by atoms with E-state index >= 15 is 0 Å². The number of piperidine rings is 1. The van der Waals surface area contributed by atoms with Crippen LogP contribution in [-0.4, -0.2) is 81.9 Å². The Balaban J connectivity index is 1.99. The second-order valence-electron chi connectivity index (χ2n) is 7.58. The maximum absolute atomic E-state index is 11.9. The molecular weight excluding hydrogens is 382 g/mol. The number of hydrogen-bond donors (Lipinski definition) is 2. The SMILES string of the molecule is CCNC(=NCC(c1cccc(OC)c1)N(C)C)NC1CCN(C(=O)OCC)CC1. The number of amides is 1. The molecule has 0 aromatic heterocycles. The third-order valence-electron chi connectivity index (χ3n) is 5.23. The predicted octanol–water partition coefficient (Wildman–Crippen LogP) is 2.47. The molecule has 1 aromatic rings. The normalized spacial score (nSPS) is 16.3. The lowest BCUT2D eigenvalue weighted by Gasteiger charge is -2.32. The van der Waals surface area contributed by atoms with Crippen LogP contribution in [0, 0.1) is 0 Å². The Morgan fingerprint density at radius 2 is 2.03 bits per heavy atom. The van der Waals surface area contributed by atoms with Gasteiger partial charge in [0.2, 0.25) is 0 Å². The number of aliphatic imine (C=N–C) groups is 1. The van der Waals surface area contributed by atoms with E-state index in [1.54, 1.807) is 12.0 Å². The van der Waals surface area contributed by atoms with Gasteiger partial charge in [-0.2, -0.15) is 0 Å². The van der Waals surface area contributed by atoms with Crippen LogP contribution in [0.15, 0.2) is 29.3 Å². The number of ether oxygens (including phenoxy) is 2. The molecule has 1 aliphatic heterocycles. The number of guanidine groups is 1. The Hall–Kier alpha value is -2.48. The van der Waals surface area contributed by atoms with Gasteiger partial charge in [0, 0.05) is 25.7 Å². The summed E-state index contributed by atoms with van der Waals surface area (Å²) < 4.78 is 10.5. The number of likely N-dealkylation sites (N-methyl/N-ethyl adjacent to an activating group) is 1. The summed E-state index contributed by atoms with van der Waals surface area (Å²) in [7, 11) is 5.80. The molecular formula is C22H37N5O3. The van der Waals surface area contributed by atoms with Gasteiger partial charge < -0.3 is 29.9 Å². The molecule has 0 bridgehead atoms. The van der Waals surface area contributed by atoms with E-state index in [1.807, 2.05) is 19.1 Å². The lowest BCUT2D eigenvalue weighted by atomic mass is 10.1. The lowest BCUT2D eigenvalue weighted by Crippen LogP contribution is -2.50. The summed E-state index contributed by atoms with van der Waals surface area (Å²) in [5, 5.41) is 6.88. The van der Waals surface area contributed by atoms with Gasteiger partial charge in [-0.25, -0.2) is 4.79 Å². The van der Waals surface area contributed by atoms with Gasteiger partial charge in [-0.1, -0.05) is 12.1 Å². The summed E-state index contributed by atoms with van der Waals surface area (Å²) in [6.07, 6.45) is 1.52. The first kappa shape index (κ1) is 23.8. The molecule has 0 saturated carbocycles. The minimum atomic E-state index is -0.219. The average molecular weight is 420 g/mol. The van der Waals surface area contributed by atoms with E-state index in [1.165, 1.54) is 5.56 Å². The van der Waals surface area contributed by atoms with Crippen molar-refractivity contribution in [1.29, 1.82) is 0 Å². The highest BCUT2D eigenvalue weighted by molar-refractivity contribution is 5.80. The first-order valence-electron chi connectivity index (χ1n) is 10.7. The molecule has 1 aliphatic rings. The fourth-order valence-corrected chi connectivity index (χ4v) is 3.53. The lowest BCUT2D eigenvalue weighted by molar-refractivity contribution is 0.0963. The first-order chi connectivity index (χ1) is 14.5. The molecule has 1 atom stereocenters. The molecule has 0 spiro atoms. The van der Waals surface area contributed by atoms with Crippen LogP contribution in [0.4, 0.5) is 4.79 Å². The number of likely N-dealkylation sites (tertiary alicyclic amines) is 1. The number of rotatable bonds is 8. The molecule has 0 aliphatic carbocycles. The molecule has 168 valence electrons. The fourth-order valence-electron chi connectivity index (χ4n) is 3.53. The van der Waals surface area contributed by atoms with Crippen molar-refractivity contribution in [2.75, 3.05) is 54.0 Å². The smallest absolute Gasteiger partial charge is 0.409 e. The van der Waals surface area contributed by atoms with Crippen molar-refractivity contribution < 1.29 is 14.3 Å². The molecule has 1 heterocycles. The highest BCUT2D eigenvalue weighted by atomic mass is 16.6. The first-order valence-corrected chi connectivity index (χ1v) is 10.7. The van der Waals surface area contributed by atoms with Crippen LogP contribution in [0.2, 0.25) is 0 Å². The molecule has 2 N–H and O–H groups in total. The Bertz CT molecular complexity index is 687. The van der Waals surface area contributed by atoms with E-state index < -0.39 is 0 Å². The zero-order valence-corrected chi connectivity index (χ0v) is 19.0. The van der Waals surface area contributed by atoms with Crippen LogP contribution in [0.5, 0.6) is 5.75 Å². The summed E-state index contributed by atoms with van der Waals surface area (Å²) in [4.78, 5) is 20.7. The molecule has 1 aromatic carbocycles. The van der Waals surface area contributed by atoms with Crippen LogP contribution in [0.25, 0.3) is 0 Å². The van der Waals surface area contributed by atoms with Gasteiger partial charge in [-0.3, -0.25) is 4.99 Å². The minimum absolute atomic E-state index is 0.140. The van der Waals surface area contributed by atoms with Crippen molar-refractivity contribution >= 4 is 12.1 Å².